The van der Waals surface area contributed by atoms with Gasteiger partial charge >= 0.3 is 0 Å². The van der Waals surface area contributed by atoms with Gasteiger partial charge in [0.1, 0.15) is 5.76 Å². The van der Waals surface area contributed by atoms with E-state index in [1.165, 1.54) is 7.11 Å². The summed E-state index contributed by atoms with van der Waals surface area (Å²) in [4.78, 5) is 12.0. The van der Waals surface area contributed by atoms with Crippen LogP contribution >= 0.6 is 0 Å². The molecule has 3 nitrogen and oxygen atoms in total. The Morgan fingerprint density at radius 3 is 2.56 bits per heavy atom. The highest BCUT2D eigenvalue weighted by Gasteiger charge is 2.09. The standard InChI is InChI=1S/C15H17NO2/c1-4-5-11-14(12(2)18-3)16-15(17)13-9-7-6-8-10-13/h4-11H,2H2,1,3H3,(H,16,17)/b5-4?,14-11-. The van der Waals surface area contributed by atoms with E-state index in [1.807, 2.05) is 37.3 Å². The van der Waals surface area contributed by atoms with Crippen LogP contribution in [-0.4, -0.2) is 13.0 Å². The van der Waals surface area contributed by atoms with Gasteiger partial charge in [-0.15, -0.1) is 0 Å². The van der Waals surface area contributed by atoms with Gasteiger partial charge in [-0.05, 0) is 25.1 Å². The lowest BCUT2D eigenvalue weighted by molar-refractivity contribution is 0.0963. The van der Waals surface area contributed by atoms with Crippen LogP contribution in [-0.2, 0) is 4.74 Å². The maximum atomic E-state index is 12.0. The summed E-state index contributed by atoms with van der Waals surface area (Å²) >= 11 is 0. The van der Waals surface area contributed by atoms with Gasteiger partial charge in [0.25, 0.3) is 5.91 Å². The maximum absolute atomic E-state index is 12.0. The molecule has 0 heterocycles. The van der Waals surface area contributed by atoms with Gasteiger partial charge < -0.3 is 10.1 Å². The molecular weight excluding hydrogens is 226 g/mol. The molecule has 0 aliphatic heterocycles. The minimum Gasteiger partial charge on any atom is -0.495 e. The van der Waals surface area contributed by atoms with Crippen LogP contribution in [0.25, 0.3) is 0 Å². The van der Waals surface area contributed by atoms with Gasteiger partial charge in [-0.25, -0.2) is 0 Å². The fraction of sp³-hybridized carbons (Fsp3) is 0.133. The summed E-state index contributed by atoms with van der Waals surface area (Å²) in [7, 11) is 1.51. The van der Waals surface area contributed by atoms with Crippen LogP contribution in [0, 0.1) is 0 Å². The Morgan fingerprint density at radius 2 is 2.00 bits per heavy atom. The Balaban J connectivity index is 2.85. The SMILES string of the molecule is C=C(OC)/C(=C/C=CC)NC(=O)c1ccccc1. The number of nitrogens with one attached hydrogen (secondary N) is 1. The van der Waals surface area contributed by atoms with E-state index in [0.717, 1.165) is 0 Å². The van der Waals surface area contributed by atoms with Crippen LogP contribution in [0.5, 0.6) is 0 Å². The van der Waals surface area contributed by atoms with Crippen molar-refractivity contribution in [3.05, 3.63) is 72.2 Å². The van der Waals surface area contributed by atoms with Gasteiger partial charge in [-0.1, -0.05) is 36.9 Å². The molecule has 0 aliphatic carbocycles. The van der Waals surface area contributed by atoms with E-state index in [1.54, 1.807) is 18.2 Å². The van der Waals surface area contributed by atoms with Crippen molar-refractivity contribution >= 4 is 5.91 Å². The van der Waals surface area contributed by atoms with Crippen LogP contribution < -0.4 is 5.32 Å². The Hall–Kier alpha value is -2.29. The predicted molar refractivity (Wildman–Crippen MR) is 73.0 cm³/mol. The molecule has 0 aliphatic rings. The second-order valence-corrected chi connectivity index (χ2v) is 3.55. The first-order valence-corrected chi connectivity index (χ1v) is 5.61. The molecule has 0 saturated heterocycles. The van der Waals surface area contributed by atoms with Crippen molar-refractivity contribution in [2.24, 2.45) is 0 Å². The Labute approximate surface area is 107 Å². The second-order valence-electron chi connectivity index (χ2n) is 3.55. The molecule has 0 radical (unpaired) electrons. The fourth-order valence-electron chi connectivity index (χ4n) is 1.29. The number of hydrogen-bond donors (Lipinski definition) is 1. The number of allylic oxidation sites excluding steroid dienone is 3. The third kappa shape index (κ3) is 3.94. The summed E-state index contributed by atoms with van der Waals surface area (Å²) in [6.45, 7) is 5.63. The first-order chi connectivity index (χ1) is 8.69. The largest absolute Gasteiger partial charge is 0.495 e. The number of benzene rings is 1. The quantitative estimate of drug-likeness (QED) is 0.637. The molecule has 0 saturated carbocycles. The predicted octanol–water partition coefficient (Wildman–Crippen LogP) is 3.04. The first kappa shape index (κ1) is 13.8. The number of ether oxygens (including phenoxy) is 1. The minimum atomic E-state index is -0.190. The van der Waals surface area contributed by atoms with Crippen molar-refractivity contribution in [2.45, 2.75) is 6.92 Å². The lowest BCUT2D eigenvalue weighted by Crippen LogP contribution is -2.24. The molecule has 0 bridgehead atoms. The lowest BCUT2D eigenvalue weighted by Gasteiger charge is -2.11. The highest BCUT2D eigenvalue weighted by molar-refractivity contribution is 5.95. The van der Waals surface area contributed by atoms with Crippen LogP contribution in [0.1, 0.15) is 17.3 Å². The number of carbonyl (C=O) groups is 1. The molecule has 0 aromatic heterocycles. The Kier molecular flexibility index (Phi) is 5.45. The summed E-state index contributed by atoms with van der Waals surface area (Å²) in [5.41, 5.74) is 1.14. The van der Waals surface area contributed by atoms with E-state index < -0.39 is 0 Å². The zero-order valence-electron chi connectivity index (χ0n) is 10.6. The van der Waals surface area contributed by atoms with E-state index >= 15 is 0 Å². The van der Waals surface area contributed by atoms with Gasteiger partial charge in [0.05, 0.1) is 12.8 Å². The number of methoxy groups -OCH3 is 1. The van der Waals surface area contributed by atoms with E-state index in [2.05, 4.69) is 11.9 Å². The van der Waals surface area contributed by atoms with E-state index in [-0.39, 0.29) is 5.91 Å². The van der Waals surface area contributed by atoms with Gasteiger partial charge in [-0.3, -0.25) is 4.79 Å². The summed E-state index contributed by atoms with van der Waals surface area (Å²) in [6.07, 6.45) is 5.41. The molecule has 1 N–H and O–H groups in total. The molecule has 0 unspecified atom stereocenters. The van der Waals surface area contributed by atoms with Crippen LogP contribution in [0.15, 0.2) is 66.6 Å². The van der Waals surface area contributed by atoms with Crippen LogP contribution in [0.3, 0.4) is 0 Å². The normalized spacial score (nSPS) is 11.3. The third-order valence-corrected chi connectivity index (χ3v) is 2.29. The molecule has 1 amide bonds. The van der Waals surface area contributed by atoms with E-state index in [4.69, 9.17) is 4.74 Å². The average molecular weight is 243 g/mol. The summed E-state index contributed by atoms with van der Waals surface area (Å²) < 4.78 is 5.03. The number of amides is 1. The van der Waals surface area contributed by atoms with Crippen molar-refractivity contribution in [1.82, 2.24) is 5.32 Å². The Morgan fingerprint density at radius 1 is 1.33 bits per heavy atom. The third-order valence-electron chi connectivity index (χ3n) is 2.29. The molecule has 1 aromatic rings. The molecule has 94 valence electrons. The van der Waals surface area contributed by atoms with E-state index in [0.29, 0.717) is 17.0 Å². The number of rotatable bonds is 5. The first-order valence-electron chi connectivity index (χ1n) is 5.61. The highest BCUT2D eigenvalue weighted by Crippen LogP contribution is 2.07. The van der Waals surface area contributed by atoms with Crippen LogP contribution in [0.2, 0.25) is 0 Å². The van der Waals surface area contributed by atoms with Gasteiger partial charge in [0, 0.05) is 5.56 Å². The molecule has 1 rings (SSSR count). The molecular formula is C15H17NO2. The number of carbonyl (C=O) groups excluding carboxylic acids is 1. The monoisotopic (exact) mass is 243 g/mol. The van der Waals surface area contributed by atoms with Gasteiger partial charge in [0.2, 0.25) is 0 Å². The topological polar surface area (TPSA) is 38.3 Å². The van der Waals surface area contributed by atoms with Crippen molar-refractivity contribution in [3.63, 3.8) is 0 Å². The van der Waals surface area contributed by atoms with Crippen molar-refractivity contribution < 1.29 is 9.53 Å². The molecule has 0 fully saturated rings. The second kappa shape index (κ2) is 7.12. The van der Waals surface area contributed by atoms with Gasteiger partial charge in [0.15, 0.2) is 0 Å². The van der Waals surface area contributed by atoms with Crippen molar-refractivity contribution in [2.75, 3.05) is 7.11 Å². The highest BCUT2D eigenvalue weighted by atomic mass is 16.5. The van der Waals surface area contributed by atoms with Gasteiger partial charge in [-0.2, -0.15) is 0 Å². The molecule has 1 aromatic carbocycles. The molecule has 3 heteroatoms. The van der Waals surface area contributed by atoms with Crippen molar-refractivity contribution in [1.29, 1.82) is 0 Å². The summed E-state index contributed by atoms with van der Waals surface area (Å²) in [6, 6.07) is 8.99. The molecule has 18 heavy (non-hydrogen) atoms. The molecule has 0 atom stereocenters. The Bertz CT molecular complexity index is 473. The fourth-order valence-corrected chi connectivity index (χ4v) is 1.29. The minimum absolute atomic E-state index is 0.190. The van der Waals surface area contributed by atoms with Crippen LogP contribution in [0.4, 0.5) is 0 Å². The summed E-state index contributed by atoms with van der Waals surface area (Å²) in [5, 5.41) is 2.77. The maximum Gasteiger partial charge on any atom is 0.255 e. The summed E-state index contributed by atoms with van der Waals surface area (Å²) in [5.74, 6) is 0.224. The van der Waals surface area contributed by atoms with Crippen molar-refractivity contribution in [3.8, 4) is 0 Å². The zero-order valence-corrected chi connectivity index (χ0v) is 10.6. The number of hydrogen-bond acceptors (Lipinski definition) is 2. The average Bonchev–Trinajstić information content (AvgIpc) is 2.43. The van der Waals surface area contributed by atoms with E-state index in [9.17, 15) is 4.79 Å². The lowest BCUT2D eigenvalue weighted by atomic mass is 10.2. The zero-order chi connectivity index (χ0) is 13.4. The smallest absolute Gasteiger partial charge is 0.255 e. The molecule has 0 spiro atoms.